The molecule has 0 spiro atoms. The standard InChI is InChI=1S/C22H22N4O3/c1-26(2)19-6-4-17(5-7-19)25-18-10-16(12-23-13-18)22(27)24-11-15-3-8-20-21(9-15)29-14-28-20/h3-10,12-13,25H,11,14H2,1-2H3,(H,24,27). The van der Waals surface area contributed by atoms with Crippen molar-refractivity contribution >= 4 is 23.0 Å². The van der Waals surface area contributed by atoms with E-state index >= 15 is 0 Å². The van der Waals surface area contributed by atoms with Crippen molar-refractivity contribution in [2.24, 2.45) is 0 Å². The molecule has 0 radical (unpaired) electrons. The minimum atomic E-state index is -0.193. The van der Waals surface area contributed by atoms with Crippen molar-refractivity contribution in [3.05, 3.63) is 72.1 Å². The highest BCUT2D eigenvalue weighted by atomic mass is 16.7. The number of ether oxygens (including phenoxy) is 2. The summed E-state index contributed by atoms with van der Waals surface area (Å²) < 4.78 is 10.7. The van der Waals surface area contributed by atoms with Gasteiger partial charge in [0.25, 0.3) is 5.91 Å². The van der Waals surface area contributed by atoms with Crippen LogP contribution in [-0.2, 0) is 6.54 Å². The maximum atomic E-state index is 12.5. The van der Waals surface area contributed by atoms with E-state index in [-0.39, 0.29) is 12.7 Å². The molecular weight excluding hydrogens is 368 g/mol. The first-order valence-electron chi connectivity index (χ1n) is 9.25. The lowest BCUT2D eigenvalue weighted by molar-refractivity contribution is 0.0950. The van der Waals surface area contributed by atoms with Gasteiger partial charge in [-0.1, -0.05) is 6.07 Å². The third kappa shape index (κ3) is 4.40. The fraction of sp³-hybridized carbons (Fsp3) is 0.182. The van der Waals surface area contributed by atoms with Gasteiger partial charge in [0.05, 0.1) is 17.4 Å². The van der Waals surface area contributed by atoms with Crippen molar-refractivity contribution in [2.75, 3.05) is 31.1 Å². The molecule has 3 aromatic rings. The Hall–Kier alpha value is -3.74. The minimum Gasteiger partial charge on any atom is -0.454 e. The maximum absolute atomic E-state index is 12.5. The van der Waals surface area contributed by atoms with Gasteiger partial charge in [-0.25, -0.2) is 0 Å². The van der Waals surface area contributed by atoms with Gasteiger partial charge in [-0.2, -0.15) is 0 Å². The molecule has 0 bridgehead atoms. The van der Waals surface area contributed by atoms with Gasteiger partial charge >= 0.3 is 0 Å². The van der Waals surface area contributed by atoms with Gasteiger partial charge in [0, 0.05) is 38.2 Å². The fourth-order valence-corrected chi connectivity index (χ4v) is 2.98. The molecular formula is C22H22N4O3. The number of carbonyl (C=O) groups is 1. The molecule has 148 valence electrons. The number of benzene rings is 2. The molecule has 2 N–H and O–H groups in total. The second-order valence-electron chi connectivity index (χ2n) is 6.90. The predicted octanol–water partition coefficient (Wildman–Crippen LogP) is 3.55. The smallest absolute Gasteiger partial charge is 0.253 e. The number of rotatable bonds is 6. The first kappa shape index (κ1) is 18.6. The Labute approximate surface area is 169 Å². The van der Waals surface area contributed by atoms with Gasteiger partial charge in [0.2, 0.25) is 6.79 Å². The summed E-state index contributed by atoms with van der Waals surface area (Å²) in [6, 6.07) is 15.4. The summed E-state index contributed by atoms with van der Waals surface area (Å²) in [5, 5.41) is 6.18. The van der Waals surface area contributed by atoms with E-state index in [1.807, 2.05) is 61.5 Å². The second kappa shape index (κ2) is 8.10. The summed E-state index contributed by atoms with van der Waals surface area (Å²) in [5.74, 6) is 1.23. The van der Waals surface area contributed by atoms with E-state index < -0.39 is 0 Å². The molecule has 0 atom stereocenters. The molecule has 0 aliphatic carbocycles. The van der Waals surface area contributed by atoms with Crippen molar-refractivity contribution in [2.45, 2.75) is 6.54 Å². The molecule has 7 nitrogen and oxygen atoms in total. The number of hydrogen-bond donors (Lipinski definition) is 2. The zero-order chi connectivity index (χ0) is 20.2. The van der Waals surface area contributed by atoms with Crippen molar-refractivity contribution in [3.8, 4) is 11.5 Å². The van der Waals surface area contributed by atoms with Gasteiger partial charge in [-0.15, -0.1) is 0 Å². The highest BCUT2D eigenvalue weighted by Gasteiger charge is 2.14. The monoisotopic (exact) mass is 390 g/mol. The normalized spacial score (nSPS) is 11.8. The summed E-state index contributed by atoms with van der Waals surface area (Å²) >= 11 is 0. The van der Waals surface area contributed by atoms with E-state index in [0.29, 0.717) is 17.9 Å². The van der Waals surface area contributed by atoms with Gasteiger partial charge in [0.15, 0.2) is 11.5 Å². The highest BCUT2D eigenvalue weighted by molar-refractivity contribution is 5.94. The summed E-state index contributed by atoms with van der Waals surface area (Å²) in [5.41, 5.74) is 4.21. The van der Waals surface area contributed by atoms with Gasteiger partial charge in [-0.3, -0.25) is 9.78 Å². The third-order valence-corrected chi connectivity index (χ3v) is 4.56. The Morgan fingerprint density at radius 1 is 1.00 bits per heavy atom. The minimum absolute atomic E-state index is 0.193. The van der Waals surface area contributed by atoms with Crippen molar-refractivity contribution in [1.29, 1.82) is 0 Å². The number of anilines is 3. The van der Waals surface area contributed by atoms with Crippen LogP contribution in [0.4, 0.5) is 17.1 Å². The van der Waals surface area contributed by atoms with E-state index in [2.05, 4.69) is 15.6 Å². The first-order valence-corrected chi connectivity index (χ1v) is 9.25. The Balaban J connectivity index is 1.39. The molecule has 2 aromatic carbocycles. The van der Waals surface area contributed by atoms with E-state index in [1.165, 1.54) is 0 Å². The number of aromatic nitrogens is 1. The lowest BCUT2D eigenvalue weighted by Crippen LogP contribution is -2.23. The van der Waals surface area contributed by atoms with Crippen LogP contribution in [-0.4, -0.2) is 31.8 Å². The zero-order valence-corrected chi connectivity index (χ0v) is 16.3. The van der Waals surface area contributed by atoms with E-state index in [0.717, 1.165) is 28.4 Å². The summed E-state index contributed by atoms with van der Waals surface area (Å²) in [6.45, 7) is 0.619. The molecule has 1 aromatic heterocycles. The molecule has 0 saturated heterocycles. The van der Waals surface area contributed by atoms with Crippen LogP contribution in [0, 0.1) is 0 Å². The number of amides is 1. The van der Waals surface area contributed by atoms with Gasteiger partial charge in [0.1, 0.15) is 0 Å². The number of carbonyl (C=O) groups excluding carboxylic acids is 1. The van der Waals surface area contributed by atoms with Gasteiger partial charge in [-0.05, 0) is 48.0 Å². The highest BCUT2D eigenvalue weighted by Crippen LogP contribution is 2.32. The average molecular weight is 390 g/mol. The Morgan fingerprint density at radius 3 is 2.59 bits per heavy atom. The van der Waals surface area contributed by atoms with Crippen LogP contribution in [0.3, 0.4) is 0 Å². The van der Waals surface area contributed by atoms with Crippen LogP contribution in [0.2, 0.25) is 0 Å². The molecule has 1 amide bonds. The van der Waals surface area contributed by atoms with Gasteiger partial charge < -0.3 is 25.0 Å². The van der Waals surface area contributed by atoms with Crippen LogP contribution in [0.5, 0.6) is 11.5 Å². The third-order valence-electron chi connectivity index (χ3n) is 4.56. The van der Waals surface area contributed by atoms with E-state index in [4.69, 9.17) is 9.47 Å². The Kier molecular flexibility index (Phi) is 5.20. The summed E-state index contributed by atoms with van der Waals surface area (Å²) in [6.07, 6.45) is 3.24. The number of nitrogens with zero attached hydrogens (tertiary/aromatic N) is 2. The average Bonchev–Trinajstić information content (AvgIpc) is 3.20. The first-order chi connectivity index (χ1) is 14.1. The van der Waals surface area contributed by atoms with Crippen LogP contribution < -0.4 is 25.0 Å². The number of hydrogen-bond acceptors (Lipinski definition) is 6. The maximum Gasteiger partial charge on any atom is 0.253 e. The lowest BCUT2D eigenvalue weighted by Gasteiger charge is -2.13. The molecule has 1 aliphatic heterocycles. The molecule has 2 heterocycles. The molecule has 0 unspecified atom stereocenters. The number of fused-ring (bicyclic) bond motifs is 1. The number of nitrogens with one attached hydrogen (secondary N) is 2. The second-order valence-corrected chi connectivity index (χ2v) is 6.90. The molecule has 0 saturated carbocycles. The van der Waals surface area contributed by atoms with Crippen molar-refractivity contribution in [3.63, 3.8) is 0 Å². The van der Waals surface area contributed by atoms with Crippen LogP contribution in [0.25, 0.3) is 0 Å². The molecule has 1 aliphatic rings. The largest absolute Gasteiger partial charge is 0.454 e. The summed E-state index contributed by atoms with van der Waals surface area (Å²) in [4.78, 5) is 18.8. The van der Waals surface area contributed by atoms with Crippen molar-refractivity contribution in [1.82, 2.24) is 10.3 Å². The Morgan fingerprint density at radius 2 is 1.79 bits per heavy atom. The predicted molar refractivity (Wildman–Crippen MR) is 112 cm³/mol. The number of pyridine rings is 1. The molecule has 7 heteroatoms. The van der Waals surface area contributed by atoms with Crippen LogP contribution >= 0.6 is 0 Å². The zero-order valence-electron chi connectivity index (χ0n) is 16.3. The molecule has 4 rings (SSSR count). The van der Waals surface area contributed by atoms with Crippen LogP contribution in [0.15, 0.2) is 60.9 Å². The molecule has 29 heavy (non-hydrogen) atoms. The lowest BCUT2D eigenvalue weighted by atomic mass is 10.2. The SMILES string of the molecule is CN(C)c1ccc(Nc2cncc(C(=O)NCc3ccc4c(c3)OCO4)c2)cc1. The van der Waals surface area contributed by atoms with E-state index in [9.17, 15) is 4.79 Å². The quantitative estimate of drug-likeness (QED) is 0.670. The fourth-order valence-electron chi connectivity index (χ4n) is 2.98. The van der Waals surface area contributed by atoms with Crippen molar-refractivity contribution < 1.29 is 14.3 Å². The summed E-state index contributed by atoms with van der Waals surface area (Å²) in [7, 11) is 4.00. The van der Waals surface area contributed by atoms with E-state index in [1.54, 1.807) is 18.5 Å². The van der Waals surface area contributed by atoms with Crippen LogP contribution in [0.1, 0.15) is 15.9 Å². The topological polar surface area (TPSA) is 75.7 Å². The molecule has 0 fully saturated rings. The Bertz CT molecular complexity index is 1020.